The molecule has 0 atom stereocenters. The van der Waals surface area contributed by atoms with Gasteiger partial charge in [-0.15, -0.1) is 0 Å². The van der Waals surface area contributed by atoms with Gasteiger partial charge in [0, 0.05) is 0 Å². The first-order valence-corrected chi connectivity index (χ1v) is 4.37. The third-order valence-electron chi connectivity index (χ3n) is 1.80. The summed E-state index contributed by atoms with van der Waals surface area (Å²) in [6.45, 7) is 3.36. The molecule has 0 aliphatic rings. The molecule has 1 N–H and O–H groups in total. The Morgan fingerprint density at radius 3 is 2.36 bits per heavy atom. The largest absolute Gasteiger partial charge is 0.506 e. The monoisotopic (exact) mass is 206 g/mol. The second-order valence-electron chi connectivity index (χ2n) is 2.80. The molecular weight excluding hydrogens is 200 g/mol. The highest BCUT2D eigenvalue weighted by molar-refractivity contribution is 6.31. The van der Waals surface area contributed by atoms with E-state index in [1.165, 1.54) is 0 Å². The molecule has 0 bridgehead atoms. The average Bonchev–Trinajstić information content (AvgIpc) is 2.16. The fraction of sp³-hybridized carbons (Fsp3) is 0. The second-order valence-corrected chi connectivity index (χ2v) is 3.16. The van der Waals surface area contributed by atoms with Gasteiger partial charge in [0.25, 0.3) is 0 Å². The Labute approximate surface area is 85.7 Å². The number of fused-ring (bicyclic) bond motifs is 1. The van der Waals surface area contributed by atoms with E-state index >= 15 is 0 Å². The summed E-state index contributed by atoms with van der Waals surface area (Å²) in [5, 5.41) is 9.35. The van der Waals surface area contributed by atoms with Crippen molar-refractivity contribution in [2.24, 2.45) is 0 Å². The molecule has 14 heavy (non-hydrogen) atoms. The number of halogens is 1. The van der Waals surface area contributed by atoms with Crippen LogP contribution in [0.15, 0.2) is 30.8 Å². The smallest absolute Gasteiger partial charge is 0.159 e. The van der Waals surface area contributed by atoms with Crippen molar-refractivity contribution in [1.82, 2.24) is 9.97 Å². The van der Waals surface area contributed by atoms with Crippen LogP contribution in [0, 0.1) is 0 Å². The van der Waals surface area contributed by atoms with Crippen LogP contribution in [-0.4, -0.2) is 15.1 Å². The van der Waals surface area contributed by atoms with E-state index < -0.39 is 0 Å². The number of benzene rings is 1. The fourth-order valence-electron chi connectivity index (χ4n) is 1.16. The number of aliphatic hydroxyl groups excluding tert-OH is 1. The Bertz CT molecular complexity index is 510. The summed E-state index contributed by atoms with van der Waals surface area (Å²) in [6.07, 6.45) is 0. The third kappa shape index (κ3) is 1.42. The molecule has 0 spiro atoms. The lowest BCUT2D eigenvalue weighted by atomic mass is 10.3. The van der Waals surface area contributed by atoms with Crippen molar-refractivity contribution < 1.29 is 5.11 Å². The molecule has 1 heterocycles. The van der Waals surface area contributed by atoms with Crippen LogP contribution in [-0.2, 0) is 0 Å². The fourth-order valence-corrected chi connectivity index (χ4v) is 1.40. The molecule has 0 radical (unpaired) electrons. The molecule has 0 aliphatic carbocycles. The molecule has 3 nitrogen and oxygen atoms in total. The number of para-hydroxylation sites is 2. The standard InChI is InChI=1S/C10H7ClN2O/c1-6(14)9-10(11)13-8-5-3-2-4-7(8)12-9/h2-5,14H,1H2. The molecule has 2 aromatic rings. The van der Waals surface area contributed by atoms with E-state index in [1.807, 2.05) is 12.1 Å². The molecule has 2 rings (SSSR count). The van der Waals surface area contributed by atoms with Gasteiger partial charge in [-0.3, -0.25) is 0 Å². The highest BCUT2D eigenvalue weighted by Crippen LogP contribution is 2.20. The first kappa shape index (κ1) is 8.97. The van der Waals surface area contributed by atoms with Crippen LogP contribution in [0.1, 0.15) is 5.69 Å². The quantitative estimate of drug-likeness (QED) is 0.730. The summed E-state index contributed by atoms with van der Waals surface area (Å²) >= 11 is 5.80. The Hall–Kier alpha value is -1.61. The van der Waals surface area contributed by atoms with E-state index in [4.69, 9.17) is 11.6 Å². The molecule has 0 saturated heterocycles. The van der Waals surface area contributed by atoms with Gasteiger partial charge in [0.2, 0.25) is 0 Å². The lowest BCUT2D eigenvalue weighted by molar-refractivity contribution is 0.510. The zero-order valence-corrected chi connectivity index (χ0v) is 7.99. The highest BCUT2D eigenvalue weighted by Gasteiger charge is 2.08. The van der Waals surface area contributed by atoms with Crippen LogP contribution >= 0.6 is 11.6 Å². The van der Waals surface area contributed by atoms with Gasteiger partial charge in [0.15, 0.2) is 5.15 Å². The van der Waals surface area contributed by atoms with Crippen LogP contribution in [0.2, 0.25) is 5.15 Å². The van der Waals surface area contributed by atoms with Crippen molar-refractivity contribution in [3.05, 3.63) is 41.7 Å². The SMILES string of the molecule is C=C(O)c1nc2ccccc2nc1Cl. The molecule has 4 heteroatoms. The summed E-state index contributed by atoms with van der Waals surface area (Å²) in [5.74, 6) is -0.173. The van der Waals surface area contributed by atoms with Crippen molar-refractivity contribution in [2.75, 3.05) is 0 Å². The van der Waals surface area contributed by atoms with Crippen molar-refractivity contribution in [3.8, 4) is 0 Å². The number of aromatic nitrogens is 2. The van der Waals surface area contributed by atoms with E-state index in [-0.39, 0.29) is 16.6 Å². The summed E-state index contributed by atoms with van der Waals surface area (Å²) < 4.78 is 0. The van der Waals surface area contributed by atoms with Gasteiger partial charge in [-0.05, 0) is 12.1 Å². The molecular formula is C10H7ClN2O. The molecule has 0 amide bonds. The minimum atomic E-state index is -0.173. The number of rotatable bonds is 1. The van der Waals surface area contributed by atoms with Crippen LogP contribution in [0.5, 0.6) is 0 Å². The van der Waals surface area contributed by atoms with Gasteiger partial charge < -0.3 is 5.11 Å². The predicted octanol–water partition coefficient (Wildman–Crippen LogP) is 2.81. The van der Waals surface area contributed by atoms with Gasteiger partial charge in [-0.25, -0.2) is 9.97 Å². The maximum absolute atomic E-state index is 9.18. The van der Waals surface area contributed by atoms with Crippen molar-refractivity contribution in [2.45, 2.75) is 0 Å². The second kappa shape index (κ2) is 3.27. The first-order chi connectivity index (χ1) is 6.68. The average molecular weight is 207 g/mol. The topological polar surface area (TPSA) is 46.0 Å². The molecule has 1 aromatic heterocycles. The third-order valence-corrected chi connectivity index (χ3v) is 2.06. The minimum Gasteiger partial charge on any atom is -0.506 e. The van der Waals surface area contributed by atoms with Crippen molar-refractivity contribution in [3.63, 3.8) is 0 Å². The molecule has 70 valence electrons. The number of hydrogen-bond acceptors (Lipinski definition) is 3. The van der Waals surface area contributed by atoms with Crippen LogP contribution in [0.4, 0.5) is 0 Å². The Kier molecular flexibility index (Phi) is 2.09. The minimum absolute atomic E-state index is 0.163. The summed E-state index contributed by atoms with van der Waals surface area (Å²) in [4.78, 5) is 8.21. The van der Waals surface area contributed by atoms with Gasteiger partial charge in [0.05, 0.1) is 11.0 Å². The van der Waals surface area contributed by atoms with Crippen LogP contribution in [0.25, 0.3) is 16.8 Å². The zero-order chi connectivity index (χ0) is 10.1. The van der Waals surface area contributed by atoms with Gasteiger partial charge >= 0.3 is 0 Å². The van der Waals surface area contributed by atoms with E-state index in [0.29, 0.717) is 11.0 Å². The van der Waals surface area contributed by atoms with Crippen LogP contribution < -0.4 is 0 Å². The number of aliphatic hydroxyl groups is 1. The molecule has 1 aromatic carbocycles. The Balaban J connectivity index is 2.77. The normalized spacial score (nSPS) is 10.4. The van der Waals surface area contributed by atoms with Gasteiger partial charge in [0.1, 0.15) is 11.5 Å². The predicted molar refractivity (Wildman–Crippen MR) is 56.2 cm³/mol. The Morgan fingerprint density at radius 2 is 1.79 bits per heavy atom. The maximum Gasteiger partial charge on any atom is 0.159 e. The van der Waals surface area contributed by atoms with Crippen LogP contribution in [0.3, 0.4) is 0 Å². The first-order valence-electron chi connectivity index (χ1n) is 3.99. The molecule has 0 saturated carbocycles. The lowest BCUT2D eigenvalue weighted by Crippen LogP contribution is -1.93. The van der Waals surface area contributed by atoms with E-state index in [0.717, 1.165) is 0 Å². The lowest BCUT2D eigenvalue weighted by Gasteiger charge is -2.02. The van der Waals surface area contributed by atoms with E-state index in [9.17, 15) is 5.11 Å². The summed E-state index contributed by atoms with van der Waals surface area (Å²) in [5.41, 5.74) is 1.61. The summed E-state index contributed by atoms with van der Waals surface area (Å²) in [7, 11) is 0. The maximum atomic E-state index is 9.18. The van der Waals surface area contributed by atoms with E-state index in [1.54, 1.807) is 12.1 Å². The van der Waals surface area contributed by atoms with Crippen molar-refractivity contribution >= 4 is 28.4 Å². The number of hydrogen-bond donors (Lipinski definition) is 1. The zero-order valence-electron chi connectivity index (χ0n) is 7.24. The highest BCUT2D eigenvalue weighted by atomic mass is 35.5. The van der Waals surface area contributed by atoms with Crippen molar-refractivity contribution in [1.29, 1.82) is 0 Å². The number of nitrogens with zero attached hydrogens (tertiary/aromatic N) is 2. The molecule has 0 fully saturated rings. The molecule has 0 unspecified atom stereocenters. The van der Waals surface area contributed by atoms with Gasteiger partial charge in [-0.2, -0.15) is 0 Å². The Morgan fingerprint density at radius 1 is 1.21 bits per heavy atom. The molecule has 0 aliphatic heterocycles. The van der Waals surface area contributed by atoms with Gasteiger partial charge in [-0.1, -0.05) is 30.3 Å². The summed E-state index contributed by atoms with van der Waals surface area (Å²) in [6, 6.07) is 7.29. The van der Waals surface area contributed by atoms with E-state index in [2.05, 4.69) is 16.5 Å².